The zero-order valence-electron chi connectivity index (χ0n) is 7.22. The quantitative estimate of drug-likeness (QED) is 0.349. The van der Waals surface area contributed by atoms with Gasteiger partial charge >= 0.3 is 5.97 Å². The smallest absolute Gasteiger partial charge is 0.330 e. The maximum absolute atomic E-state index is 10.8. The summed E-state index contributed by atoms with van der Waals surface area (Å²) in [6, 6.07) is 0. The molecule has 0 fully saturated rings. The summed E-state index contributed by atoms with van der Waals surface area (Å²) in [5.74, 6) is -0.327. The fourth-order valence-electron chi connectivity index (χ4n) is 0.471. The fourth-order valence-corrected chi connectivity index (χ4v) is 2.87. The summed E-state index contributed by atoms with van der Waals surface area (Å²) in [7, 11) is -0.507. The van der Waals surface area contributed by atoms with Crippen molar-refractivity contribution in [3.8, 4) is 0 Å². The zero-order chi connectivity index (χ0) is 8.85. The standard InChI is InChI=1S/C6H14O3Si2/c1-5(6(7)8-2)10-9-11(3)4/h11H,1,10H2,2-4H3. The molecule has 0 spiro atoms. The van der Waals surface area contributed by atoms with Gasteiger partial charge in [0, 0.05) is 5.20 Å². The molecule has 64 valence electrons. The molecule has 11 heavy (non-hydrogen) atoms. The number of esters is 1. The minimum Gasteiger partial charge on any atom is -0.466 e. The Morgan fingerprint density at radius 3 is 2.45 bits per heavy atom. The molecule has 0 aliphatic rings. The van der Waals surface area contributed by atoms with Crippen LogP contribution in [0, 0.1) is 0 Å². The van der Waals surface area contributed by atoms with Gasteiger partial charge in [-0.15, -0.1) is 0 Å². The Labute approximate surface area is 71.1 Å². The van der Waals surface area contributed by atoms with E-state index in [1.807, 2.05) is 0 Å². The number of carbonyl (C=O) groups excluding carboxylic acids is 1. The molecule has 0 aromatic carbocycles. The summed E-state index contributed by atoms with van der Waals surface area (Å²) < 4.78 is 9.88. The molecule has 0 amide bonds. The number of carbonyl (C=O) groups is 1. The van der Waals surface area contributed by atoms with Crippen LogP contribution in [0.4, 0.5) is 0 Å². The first-order valence-electron chi connectivity index (χ1n) is 3.45. The first-order valence-corrected chi connectivity index (χ1v) is 7.52. The Morgan fingerprint density at radius 2 is 2.09 bits per heavy atom. The van der Waals surface area contributed by atoms with Crippen LogP contribution in [0.5, 0.6) is 0 Å². The van der Waals surface area contributed by atoms with E-state index in [1.165, 1.54) is 7.11 Å². The van der Waals surface area contributed by atoms with Crippen LogP contribution in [0.15, 0.2) is 11.8 Å². The second-order valence-electron chi connectivity index (χ2n) is 2.45. The number of hydrogen-bond donors (Lipinski definition) is 0. The van der Waals surface area contributed by atoms with Crippen molar-refractivity contribution in [2.24, 2.45) is 0 Å². The van der Waals surface area contributed by atoms with Crippen LogP contribution in [0.25, 0.3) is 0 Å². The van der Waals surface area contributed by atoms with Gasteiger partial charge in [0.15, 0.2) is 18.8 Å². The van der Waals surface area contributed by atoms with Crippen molar-refractivity contribution in [1.29, 1.82) is 0 Å². The lowest BCUT2D eigenvalue weighted by molar-refractivity contribution is -0.135. The molecule has 0 aromatic rings. The second-order valence-corrected chi connectivity index (χ2v) is 7.03. The van der Waals surface area contributed by atoms with Gasteiger partial charge in [-0.2, -0.15) is 0 Å². The van der Waals surface area contributed by atoms with E-state index in [0.717, 1.165) is 0 Å². The van der Waals surface area contributed by atoms with Gasteiger partial charge in [0.25, 0.3) is 0 Å². The topological polar surface area (TPSA) is 35.5 Å². The van der Waals surface area contributed by atoms with Gasteiger partial charge in [-0.05, 0) is 13.1 Å². The highest BCUT2D eigenvalue weighted by Crippen LogP contribution is 1.93. The van der Waals surface area contributed by atoms with Gasteiger partial charge in [-0.25, -0.2) is 4.79 Å². The van der Waals surface area contributed by atoms with E-state index >= 15 is 0 Å². The molecule has 0 atom stereocenters. The van der Waals surface area contributed by atoms with E-state index in [1.54, 1.807) is 0 Å². The number of hydrogen-bond acceptors (Lipinski definition) is 3. The third-order valence-corrected chi connectivity index (χ3v) is 5.04. The molecular weight excluding hydrogens is 176 g/mol. The van der Waals surface area contributed by atoms with Gasteiger partial charge in [-0.3, -0.25) is 0 Å². The van der Waals surface area contributed by atoms with E-state index in [2.05, 4.69) is 24.4 Å². The third kappa shape index (κ3) is 4.94. The van der Waals surface area contributed by atoms with Gasteiger partial charge in [-0.1, -0.05) is 6.58 Å². The zero-order valence-corrected chi connectivity index (χ0v) is 9.79. The molecule has 0 bridgehead atoms. The molecule has 0 aliphatic carbocycles. The summed E-state index contributed by atoms with van der Waals surface area (Å²) in [6.45, 7) is 7.72. The van der Waals surface area contributed by atoms with E-state index in [9.17, 15) is 4.79 Å². The lowest BCUT2D eigenvalue weighted by Gasteiger charge is -2.06. The van der Waals surface area contributed by atoms with E-state index < -0.39 is 18.8 Å². The first kappa shape index (κ1) is 10.6. The molecule has 0 saturated heterocycles. The Bertz CT molecular complexity index is 156. The summed E-state index contributed by atoms with van der Waals surface area (Å²) in [6.07, 6.45) is 0. The average Bonchev–Trinajstić information content (AvgIpc) is 1.98. The van der Waals surface area contributed by atoms with Crippen molar-refractivity contribution in [2.75, 3.05) is 7.11 Å². The lowest BCUT2D eigenvalue weighted by Crippen LogP contribution is -2.18. The molecule has 0 saturated carbocycles. The van der Waals surface area contributed by atoms with Crippen LogP contribution < -0.4 is 0 Å². The van der Waals surface area contributed by atoms with Gasteiger partial charge in [0.05, 0.1) is 7.11 Å². The SMILES string of the molecule is C=C([SiH2]O[SiH](C)C)C(=O)OC. The molecule has 0 rings (SSSR count). The van der Waals surface area contributed by atoms with Crippen LogP contribution in [-0.4, -0.2) is 31.9 Å². The summed E-state index contributed by atoms with van der Waals surface area (Å²) in [5.41, 5.74) is 0. The summed E-state index contributed by atoms with van der Waals surface area (Å²) in [4.78, 5) is 10.8. The van der Waals surface area contributed by atoms with Crippen LogP contribution >= 0.6 is 0 Å². The lowest BCUT2D eigenvalue weighted by atomic mass is 10.6. The van der Waals surface area contributed by atoms with Gasteiger partial charge in [0.1, 0.15) is 0 Å². The van der Waals surface area contributed by atoms with E-state index in [-0.39, 0.29) is 5.97 Å². The highest BCUT2D eigenvalue weighted by atomic mass is 28.3. The second kappa shape index (κ2) is 5.28. The van der Waals surface area contributed by atoms with Crippen molar-refractivity contribution in [3.05, 3.63) is 11.8 Å². The van der Waals surface area contributed by atoms with Crippen LogP contribution in [0.1, 0.15) is 0 Å². The third-order valence-electron chi connectivity index (χ3n) is 1.06. The van der Waals surface area contributed by atoms with Gasteiger partial charge < -0.3 is 8.85 Å². The van der Waals surface area contributed by atoms with Crippen LogP contribution in [0.3, 0.4) is 0 Å². The molecule has 0 aromatic heterocycles. The minimum atomic E-state index is -0.986. The van der Waals surface area contributed by atoms with E-state index in [0.29, 0.717) is 5.20 Å². The minimum absolute atomic E-state index is 0.327. The molecule has 3 nitrogen and oxygen atoms in total. The first-order chi connectivity index (χ1) is 5.07. The molecule has 0 heterocycles. The number of methoxy groups -OCH3 is 1. The maximum Gasteiger partial charge on any atom is 0.330 e. The van der Waals surface area contributed by atoms with E-state index in [4.69, 9.17) is 4.12 Å². The van der Waals surface area contributed by atoms with Crippen molar-refractivity contribution >= 4 is 24.8 Å². The molecule has 0 unspecified atom stereocenters. The van der Waals surface area contributed by atoms with Crippen LogP contribution in [-0.2, 0) is 13.6 Å². The number of ether oxygens (including phenoxy) is 1. The molecule has 0 radical (unpaired) electrons. The molecule has 0 N–H and O–H groups in total. The Morgan fingerprint density at radius 1 is 1.55 bits per heavy atom. The average molecular weight is 190 g/mol. The monoisotopic (exact) mass is 190 g/mol. The van der Waals surface area contributed by atoms with Gasteiger partial charge in [0.2, 0.25) is 0 Å². The Hall–Kier alpha value is -0.396. The van der Waals surface area contributed by atoms with Crippen molar-refractivity contribution < 1.29 is 13.6 Å². The van der Waals surface area contributed by atoms with Crippen molar-refractivity contribution in [1.82, 2.24) is 0 Å². The molecular formula is C6H14O3Si2. The maximum atomic E-state index is 10.8. The molecule has 5 heteroatoms. The largest absolute Gasteiger partial charge is 0.466 e. The van der Waals surface area contributed by atoms with Crippen LogP contribution in [0.2, 0.25) is 13.1 Å². The number of rotatable bonds is 4. The predicted octanol–water partition coefficient (Wildman–Crippen LogP) is -0.243. The Kier molecular flexibility index (Phi) is 5.09. The Balaban J connectivity index is 3.61. The van der Waals surface area contributed by atoms with Crippen molar-refractivity contribution in [2.45, 2.75) is 13.1 Å². The molecule has 0 aliphatic heterocycles. The highest BCUT2D eigenvalue weighted by molar-refractivity contribution is 6.61. The normalized spacial score (nSPS) is 10.9. The highest BCUT2D eigenvalue weighted by Gasteiger charge is 2.07. The summed E-state index contributed by atoms with van der Waals surface area (Å²) in [5, 5.41) is 0.522. The predicted molar refractivity (Wildman–Crippen MR) is 49.7 cm³/mol. The fraction of sp³-hybridized carbons (Fsp3) is 0.500. The van der Waals surface area contributed by atoms with Crippen molar-refractivity contribution in [3.63, 3.8) is 0 Å². The summed E-state index contributed by atoms with van der Waals surface area (Å²) >= 11 is 0.